The highest BCUT2D eigenvalue weighted by Gasteiger charge is 2.26. The summed E-state index contributed by atoms with van der Waals surface area (Å²) in [6.45, 7) is 0.952. The highest BCUT2D eigenvalue weighted by Crippen LogP contribution is 2.21. The summed E-state index contributed by atoms with van der Waals surface area (Å²) in [5.74, 6) is -0.255. The predicted octanol–water partition coefficient (Wildman–Crippen LogP) is 2.18. The molecule has 1 aliphatic heterocycles. The molecule has 11 heteroatoms. The molecule has 2 aromatic heterocycles. The average molecular weight is 443 g/mol. The number of rotatable bonds is 7. The molecule has 10 nitrogen and oxygen atoms in total. The third kappa shape index (κ3) is 4.79. The first-order valence-electron chi connectivity index (χ1n) is 9.67. The molecule has 1 amide bonds. The SMILES string of the molecule is CN(CC1CCCO1)S(=O)(=O)c1ccc(C(=O)Nc2nnc(-c3ccncc3)o2)cc1. The number of ether oxygens (including phenoxy) is 1. The van der Waals surface area contributed by atoms with Crippen molar-refractivity contribution in [2.24, 2.45) is 0 Å². The molecular weight excluding hydrogens is 422 g/mol. The van der Waals surface area contributed by atoms with Gasteiger partial charge in [-0.2, -0.15) is 4.31 Å². The Bertz CT molecular complexity index is 1140. The molecule has 1 aliphatic rings. The topological polar surface area (TPSA) is 128 Å². The van der Waals surface area contributed by atoms with Crippen molar-refractivity contribution in [3.05, 3.63) is 54.4 Å². The molecular formula is C20H21N5O5S. The van der Waals surface area contributed by atoms with Crippen LogP contribution in [0.25, 0.3) is 11.5 Å². The number of aromatic nitrogens is 3. The van der Waals surface area contributed by atoms with Gasteiger partial charge < -0.3 is 9.15 Å². The molecule has 1 N–H and O–H groups in total. The molecule has 0 aliphatic carbocycles. The van der Waals surface area contributed by atoms with E-state index in [1.807, 2.05) is 0 Å². The standard InChI is InChI=1S/C20H21N5O5S/c1-25(13-16-3-2-12-29-16)31(27,28)17-6-4-14(5-7-17)18(26)22-20-24-23-19(30-20)15-8-10-21-11-9-15/h4-11,16H,2-3,12-13H2,1H3,(H,22,24,26). The first-order chi connectivity index (χ1) is 14.9. The fourth-order valence-corrected chi connectivity index (χ4v) is 4.39. The summed E-state index contributed by atoms with van der Waals surface area (Å²) in [6.07, 6.45) is 4.87. The average Bonchev–Trinajstić information content (AvgIpc) is 3.46. The van der Waals surface area contributed by atoms with Gasteiger partial charge in [-0.1, -0.05) is 5.10 Å². The van der Waals surface area contributed by atoms with Gasteiger partial charge in [-0.25, -0.2) is 8.42 Å². The number of benzene rings is 1. The summed E-state index contributed by atoms with van der Waals surface area (Å²) in [7, 11) is -2.16. The van der Waals surface area contributed by atoms with Crippen molar-refractivity contribution < 1.29 is 22.4 Å². The van der Waals surface area contributed by atoms with E-state index in [4.69, 9.17) is 9.15 Å². The number of carbonyl (C=O) groups is 1. The molecule has 1 fully saturated rings. The van der Waals surface area contributed by atoms with Gasteiger partial charge in [-0.15, -0.1) is 5.10 Å². The van der Waals surface area contributed by atoms with Crippen LogP contribution >= 0.6 is 0 Å². The number of hydrogen-bond donors (Lipinski definition) is 1. The second kappa shape index (κ2) is 8.92. The Labute approximate surface area is 179 Å². The van der Waals surface area contributed by atoms with E-state index in [1.54, 1.807) is 24.5 Å². The number of nitrogens with one attached hydrogen (secondary N) is 1. The van der Waals surface area contributed by atoms with Crippen molar-refractivity contribution in [1.82, 2.24) is 19.5 Å². The molecule has 1 atom stereocenters. The minimum absolute atomic E-state index is 0.0650. The monoisotopic (exact) mass is 443 g/mol. The molecule has 1 unspecified atom stereocenters. The number of amides is 1. The lowest BCUT2D eigenvalue weighted by Crippen LogP contribution is -2.34. The summed E-state index contributed by atoms with van der Waals surface area (Å²) < 4.78 is 37.7. The van der Waals surface area contributed by atoms with Crippen LogP contribution in [-0.4, -0.2) is 60.1 Å². The van der Waals surface area contributed by atoms with Crippen molar-refractivity contribution in [2.45, 2.75) is 23.8 Å². The van der Waals surface area contributed by atoms with E-state index in [0.29, 0.717) is 18.7 Å². The van der Waals surface area contributed by atoms with Crippen LogP contribution in [0.5, 0.6) is 0 Å². The fourth-order valence-electron chi connectivity index (χ4n) is 3.19. The highest BCUT2D eigenvalue weighted by atomic mass is 32.2. The van der Waals surface area contributed by atoms with E-state index in [9.17, 15) is 13.2 Å². The molecule has 3 heterocycles. The van der Waals surface area contributed by atoms with Gasteiger partial charge in [0.25, 0.3) is 5.91 Å². The summed E-state index contributed by atoms with van der Waals surface area (Å²) in [4.78, 5) is 16.5. The number of carbonyl (C=O) groups excluding carboxylic acids is 1. The lowest BCUT2D eigenvalue weighted by Gasteiger charge is -2.20. The van der Waals surface area contributed by atoms with Crippen LogP contribution in [0.1, 0.15) is 23.2 Å². The number of pyridine rings is 1. The Morgan fingerprint density at radius 1 is 1.16 bits per heavy atom. The van der Waals surface area contributed by atoms with Crippen molar-refractivity contribution in [3.8, 4) is 11.5 Å². The predicted molar refractivity (Wildman–Crippen MR) is 111 cm³/mol. The van der Waals surface area contributed by atoms with Gasteiger partial charge in [0.05, 0.1) is 11.0 Å². The number of hydrogen-bond acceptors (Lipinski definition) is 8. The molecule has 0 spiro atoms. The quantitative estimate of drug-likeness (QED) is 0.589. The summed E-state index contributed by atoms with van der Waals surface area (Å²) in [5.41, 5.74) is 0.925. The van der Waals surface area contributed by atoms with Crippen molar-refractivity contribution in [2.75, 3.05) is 25.5 Å². The molecule has 1 aromatic carbocycles. The Hall–Kier alpha value is -3.15. The normalized spacial score (nSPS) is 16.5. The number of sulfonamides is 1. The zero-order valence-electron chi connectivity index (χ0n) is 16.8. The lowest BCUT2D eigenvalue weighted by molar-refractivity contribution is 0.0979. The molecule has 31 heavy (non-hydrogen) atoms. The zero-order valence-corrected chi connectivity index (χ0v) is 17.6. The smallest absolute Gasteiger partial charge is 0.322 e. The lowest BCUT2D eigenvalue weighted by atomic mass is 10.2. The summed E-state index contributed by atoms with van der Waals surface area (Å²) >= 11 is 0. The third-order valence-electron chi connectivity index (χ3n) is 4.88. The minimum atomic E-state index is -3.68. The van der Waals surface area contributed by atoms with E-state index in [0.717, 1.165) is 12.8 Å². The Kier molecular flexibility index (Phi) is 6.07. The van der Waals surface area contributed by atoms with Gasteiger partial charge in [-0.05, 0) is 49.2 Å². The molecule has 162 valence electrons. The van der Waals surface area contributed by atoms with Gasteiger partial charge >= 0.3 is 6.01 Å². The van der Waals surface area contributed by atoms with Gasteiger partial charge in [0.2, 0.25) is 15.9 Å². The maximum Gasteiger partial charge on any atom is 0.322 e. The van der Waals surface area contributed by atoms with Crippen LogP contribution in [0.15, 0.2) is 58.1 Å². The Morgan fingerprint density at radius 3 is 2.58 bits per heavy atom. The second-order valence-electron chi connectivity index (χ2n) is 7.05. The van der Waals surface area contributed by atoms with Gasteiger partial charge in [-0.3, -0.25) is 15.1 Å². The first-order valence-corrected chi connectivity index (χ1v) is 11.1. The number of anilines is 1. The maximum atomic E-state index is 12.8. The molecule has 0 saturated carbocycles. The fraction of sp³-hybridized carbons (Fsp3) is 0.300. The number of nitrogens with zero attached hydrogens (tertiary/aromatic N) is 4. The van der Waals surface area contributed by atoms with Crippen LogP contribution < -0.4 is 5.32 Å². The van der Waals surface area contributed by atoms with Crippen LogP contribution in [0.4, 0.5) is 6.01 Å². The van der Waals surface area contributed by atoms with Crippen molar-refractivity contribution >= 4 is 21.9 Å². The zero-order chi connectivity index (χ0) is 21.8. The van der Waals surface area contributed by atoms with Crippen LogP contribution in [-0.2, 0) is 14.8 Å². The largest absolute Gasteiger partial charge is 0.403 e. The Balaban J connectivity index is 1.41. The summed E-state index contributed by atoms with van der Waals surface area (Å²) in [5, 5.41) is 10.2. The highest BCUT2D eigenvalue weighted by molar-refractivity contribution is 7.89. The van der Waals surface area contributed by atoms with Crippen molar-refractivity contribution in [1.29, 1.82) is 0 Å². The minimum Gasteiger partial charge on any atom is -0.403 e. The van der Waals surface area contributed by atoms with E-state index in [1.165, 1.54) is 35.6 Å². The van der Waals surface area contributed by atoms with E-state index in [-0.39, 0.29) is 28.5 Å². The molecule has 0 radical (unpaired) electrons. The van der Waals surface area contributed by atoms with E-state index >= 15 is 0 Å². The molecule has 0 bridgehead atoms. The van der Waals surface area contributed by atoms with Crippen LogP contribution in [0.2, 0.25) is 0 Å². The molecule has 3 aromatic rings. The first kappa shape index (κ1) is 21.1. The van der Waals surface area contributed by atoms with Crippen LogP contribution in [0.3, 0.4) is 0 Å². The Morgan fingerprint density at radius 2 is 1.90 bits per heavy atom. The van der Waals surface area contributed by atoms with Gasteiger partial charge in [0.15, 0.2) is 0 Å². The second-order valence-corrected chi connectivity index (χ2v) is 9.09. The molecule has 1 saturated heterocycles. The van der Waals surface area contributed by atoms with E-state index < -0.39 is 15.9 Å². The third-order valence-corrected chi connectivity index (χ3v) is 6.72. The van der Waals surface area contributed by atoms with Gasteiger partial charge in [0, 0.05) is 43.7 Å². The van der Waals surface area contributed by atoms with Gasteiger partial charge in [0.1, 0.15) is 0 Å². The van der Waals surface area contributed by atoms with Crippen molar-refractivity contribution in [3.63, 3.8) is 0 Å². The molecule has 4 rings (SSSR count). The number of likely N-dealkylation sites (N-methyl/N-ethyl adjacent to an activating group) is 1. The van der Waals surface area contributed by atoms with Crippen LogP contribution in [0, 0.1) is 0 Å². The van der Waals surface area contributed by atoms with E-state index in [2.05, 4.69) is 20.5 Å². The summed E-state index contributed by atoms with van der Waals surface area (Å²) in [6, 6.07) is 9.00. The maximum absolute atomic E-state index is 12.8.